The first kappa shape index (κ1) is 18.7. The minimum absolute atomic E-state index is 0.0508. The molecular formula is C19H18N2O5S. The molecule has 7 nitrogen and oxygen atoms in total. The van der Waals surface area contributed by atoms with Crippen molar-refractivity contribution in [1.82, 2.24) is 9.62 Å². The van der Waals surface area contributed by atoms with Gasteiger partial charge in [-0.15, -0.1) is 0 Å². The van der Waals surface area contributed by atoms with Crippen LogP contribution >= 0.6 is 0 Å². The fourth-order valence-electron chi connectivity index (χ4n) is 2.95. The third kappa shape index (κ3) is 3.08. The van der Waals surface area contributed by atoms with Crippen molar-refractivity contribution in [3.8, 4) is 5.75 Å². The SMILES string of the molecule is COc1ccccc1C(=O)N/C(C)=C1/C(=O)c2ccccc2S(=O)(=O)N1C. The Morgan fingerprint density at radius 2 is 1.70 bits per heavy atom. The maximum Gasteiger partial charge on any atom is 0.264 e. The van der Waals surface area contributed by atoms with Crippen LogP contribution in [0.15, 0.2) is 64.8 Å². The van der Waals surface area contributed by atoms with E-state index in [4.69, 9.17) is 4.74 Å². The molecule has 1 heterocycles. The van der Waals surface area contributed by atoms with Crippen LogP contribution in [0.4, 0.5) is 0 Å². The zero-order valence-electron chi connectivity index (χ0n) is 15.0. The summed E-state index contributed by atoms with van der Waals surface area (Å²) >= 11 is 0. The molecule has 8 heteroatoms. The lowest BCUT2D eigenvalue weighted by atomic mass is 10.1. The molecule has 1 aliphatic heterocycles. The number of methoxy groups -OCH3 is 1. The molecule has 0 aliphatic carbocycles. The Morgan fingerprint density at radius 1 is 1.07 bits per heavy atom. The van der Waals surface area contributed by atoms with Crippen LogP contribution in [0.2, 0.25) is 0 Å². The second-order valence-electron chi connectivity index (χ2n) is 5.93. The monoisotopic (exact) mass is 386 g/mol. The predicted molar refractivity (Wildman–Crippen MR) is 98.9 cm³/mol. The number of hydrogen-bond donors (Lipinski definition) is 1. The fraction of sp³-hybridized carbons (Fsp3) is 0.158. The molecule has 0 unspecified atom stereocenters. The highest BCUT2D eigenvalue weighted by atomic mass is 32.2. The molecule has 0 atom stereocenters. The number of ketones is 1. The number of carbonyl (C=O) groups excluding carboxylic acids is 2. The van der Waals surface area contributed by atoms with Gasteiger partial charge in [-0.05, 0) is 31.2 Å². The molecule has 0 radical (unpaired) electrons. The summed E-state index contributed by atoms with van der Waals surface area (Å²) in [5, 5.41) is 2.60. The number of nitrogens with zero attached hydrogens (tertiary/aromatic N) is 1. The number of Topliss-reactive ketones (excluding diaryl/α,β-unsaturated/α-hetero) is 1. The van der Waals surface area contributed by atoms with Crippen molar-refractivity contribution < 1.29 is 22.7 Å². The summed E-state index contributed by atoms with van der Waals surface area (Å²) < 4.78 is 31.5. The number of rotatable bonds is 3. The summed E-state index contributed by atoms with van der Waals surface area (Å²) in [5.41, 5.74) is 0.388. The van der Waals surface area contributed by atoms with Crippen LogP contribution in [0.5, 0.6) is 5.75 Å². The number of para-hydroxylation sites is 1. The minimum Gasteiger partial charge on any atom is -0.496 e. The van der Waals surface area contributed by atoms with E-state index in [1.165, 1.54) is 33.2 Å². The Morgan fingerprint density at radius 3 is 2.41 bits per heavy atom. The van der Waals surface area contributed by atoms with E-state index < -0.39 is 21.7 Å². The summed E-state index contributed by atoms with van der Waals surface area (Å²) in [6, 6.07) is 12.6. The standard InChI is InChI=1S/C19H18N2O5S/c1-12(20-19(23)13-8-4-6-10-15(13)26-3)17-18(22)14-9-5-7-11-16(14)27(24,25)21(17)2/h4-11H,1-3H3,(H,20,23)/b17-12-. The molecule has 2 aromatic carbocycles. The van der Waals surface area contributed by atoms with E-state index in [0.717, 1.165) is 4.31 Å². The maximum atomic E-state index is 12.9. The molecule has 140 valence electrons. The number of amides is 1. The van der Waals surface area contributed by atoms with E-state index in [9.17, 15) is 18.0 Å². The van der Waals surface area contributed by atoms with Crippen molar-refractivity contribution >= 4 is 21.7 Å². The number of carbonyl (C=O) groups is 2. The molecule has 1 amide bonds. The molecule has 27 heavy (non-hydrogen) atoms. The number of allylic oxidation sites excluding steroid dienone is 2. The maximum absolute atomic E-state index is 12.9. The first-order valence-corrected chi connectivity index (χ1v) is 9.51. The highest BCUT2D eigenvalue weighted by Crippen LogP contribution is 2.32. The van der Waals surface area contributed by atoms with E-state index in [0.29, 0.717) is 5.75 Å². The van der Waals surface area contributed by atoms with E-state index in [1.807, 2.05) is 0 Å². The second kappa shape index (κ2) is 6.88. The lowest BCUT2D eigenvalue weighted by Gasteiger charge is -2.29. The van der Waals surface area contributed by atoms with E-state index in [2.05, 4.69) is 5.32 Å². The summed E-state index contributed by atoms with van der Waals surface area (Å²) in [6.45, 7) is 1.49. The number of nitrogens with one attached hydrogen (secondary N) is 1. The fourth-order valence-corrected chi connectivity index (χ4v) is 4.40. The summed E-state index contributed by atoms with van der Waals surface area (Å²) in [7, 11) is -1.15. The molecule has 0 fully saturated rings. The van der Waals surface area contributed by atoms with Gasteiger partial charge in [0.2, 0.25) is 5.78 Å². The van der Waals surface area contributed by atoms with E-state index in [1.54, 1.807) is 36.4 Å². The number of ether oxygens (including phenoxy) is 1. The average Bonchev–Trinajstić information content (AvgIpc) is 2.66. The summed E-state index contributed by atoms with van der Waals surface area (Å²) in [6.07, 6.45) is 0. The van der Waals surface area contributed by atoms with Crippen LogP contribution < -0.4 is 10.1 Å². The summed E-state index contributed by atoms with van der Waals surface area (Å²) in [4.78, 5) is 25.4. The third-order valence-corrected chi connectivity index (χ3v) is 6.12. The van der Waals surface area contributed by atoms with Crippen molar-refractivity contribution in [3.63, 3.8) is 0 Å². The van der Waals surface area contributed by atoms with E-state index in [-0.39, 0.29) is 27.4 Å². The normalized spacial score (nSPS) is 17.1. The number of benzene rings is 2. The zero-order valence-corrected chi connectivity index (χ0v) is 15.8. The Balaban J connectivity index is 2.05. The Hall–Kier alpha value is -3.13. The Kier molecular flexibility index (Phi) is 4.75. The highest BCUT2D eigenvalue weighted by Gasteiger charge is 2.38. The van der Waals surface area contributed by atoms with Gasteiger partial charge >= 0.3 is 0 Å². The molecule has 3 rings (SSSR count). The number of sulfonamides is 1. The molecule has 2 aromatic rings. The third-order valence-electron chi connectivity index (χ3n) is 4.31. The van der Waals surface area contributed by atoms with Crippen LogP contribution in [0, 0.1) is 0 Å². The van der Waals surface area contributed by atoms with Gasteiger partial charge in [-0.2, -0.15) is 0 Å². The minimum atomic E-state index is -3.88. The van der Waals surface area contributed by atoms with Gasteiger partial charge in [0.25, 0.3) is 15.9 Å². The molecule has 1 N–H and O–H groups in total. The Labute approximate surface area is 157 Å². The van der Waals surface area contributed by atoms with Gasteiger partial charge in [0.15, 0.2) is 0 Å². The first-order chi connectivity index (χ1) is 12.8. The van der Waals surface area contributed by atoms with Crippen LogP contribution in [0.25, 0.3) is 0 Å². The molecule has 0 saturated heterocycles. The van der Waals surface area contributed by atoms with Crippen molar-refractivity contribution in [2.75, 3.05) is 14.2 Å². The van der Waals surface area contributed by atoms with Gasteiger partial charge in [0.05, 0.1) is 17.6 Å². The second-order valence-corrected chi connectivity index (χ2v) is 7.86. The van der Waals surface area contributed by atoms with Crippen LogP contribution in [0.3, 0.4) is 0 Å². The van der Waals surface area contributed by atoms with Crippen molar-refractivity contribution in [2.45, 2.75) is 11.8 Å². The quantitative estimate of drug-likeness (QED) is 0.816. The highest BCUT2D eigenvalue weighted by molar-refractivity contribution is 7.89. The number of likely N-dealkylation sites (N-methyl/N-ethyl adjacent to an activating group) is 1. The van der Waals surface area contributed by atoms with Crippen molar-refractivity contribution in [2.24, 2.45) is 0 Å². The molecule has 0 saturated carbocycles. The molecule has 0 bridgehead atoms. The van der Waals surface area contributed by atoms with Crippen LogP contribution in [-0.4, -0.2) is 38.6 Å². The van der Waals surface area contributed by atoms with Gasteiger partial charge in [-0.3, -0.25) is 13.9 Å². The largest absolute Gasteiger partial charge is 0.496 e. The van der Waals surface area contributed by atoms with Crippen LogP contribution in [-0.2, 0) is 10.0 Å². The van der Waals surface area contributed by atoms with Gasteiger partial charge < -0.3 is 10.1 Å². The lowest BCUT2D eigenvalue weighted by molar-refractivity contribution is 0.0960. The van der Waals surface area contributed by atoms with Crippen LogP contribution in [0.1, 0.15) is 27.6 Å². The molecular weight excluding hydrogens is 368 g/mol. The topological polar surface area (TPSA) is 92.8 Å². The molecule has 0 aromatic heterocycles. The Bertz CT molecular complexity index is 1070. The van der Waals surface area contributed by atoms with Gasteiger partial charge in [-0.1, -0.05) is 24.3 Å². The lowest BCUT2D eigenvalue weighted by Crippen LogP contribution is -2.39. The first-order valence-electron chi connectivity index (χ1n) is 8.07. The van der Waals surface area contributed by atoms with Crippen molar-refractivity contribution in [3.05, 3.63) is 71.1 Å². The number of fused-ring (bicyclic) bond motifs is 1. The van der Waals surface area contributed by atoms with E-state index >= 15 is 0 Å². The molecule has 0 spiro atoms. The van der Waals surface area contributed by atoms with Crippen molar-refractivity contribution in [1.29, 1.82) is 0 Å². The smallest absolute Gasteiger partial charge is 0.264 e. The predicted octanol–water partition coefficient (Wildman–Crippen LogP) is 2.17. The summed E-state index contributed by atoms with van der Waals surface area (Å²) in [5.74, 6) is -0.607. The zero-order chi connectivity index (χ0) is 19.8. The van der Waals surface area contributed by atoms with Gasteiger partial charge in [0, 0.05) is 18.3 Å². The average molecular weight is 386 g/mol. The number of hydrogen-bond acceptors (Lipinski definition) is 5. The van der Waals surface area contributed by atoms with Gasteiger partial charge in [0.1, 0.15) is 11.4 Å². The van der Waals surface area contributed by atoms with Gasteiger partial charge in [-0.25, -0.2) is 8.42 Å². The molecule has 1 aliphatic rings.